The van der Waals surface area contributed by atoms with Gasteiger partial charge in [-0.15, -0.1) is 4.91 Å². The fourth-order valence-electron chi connectivity index (χ4n) is 2.88. The first-order valence-electron chi connectivity index (χ1n) is 9.69. The van der Waals surface area contributed by atoms with Gasteiger partial charge >= 0.3 is 5.97 Å². The molecule has 0 bridgehead atoms. The molecule has 32 heavy (non-hydrogen) atoms. The van der Waals surface area contributed by atoms with Crippen LogP contribution >= 0.6 is 0 Å². The molecule has 0 saturated carbocycles. The van der Waals surface area contributed by atoms with Crippen molar-refractivity contribution in [2.75, 3.05) is 5.73 Å². The number of nitrogens with one attached hydrogen (secondary N) is 1. The number of aromatic nitrogens is 1. The van der Waals surface area contributed by atoms with Crippen LogP contribution in [0.5, 0.6) is 11.6 Å². The molecule has 0 atom stereocenters. The number of carboxylic acid groups (broad SMARTS) is 1. The Morgan fingerprint density at radius 2 is 1.88 bits per heavy atom. The van der Waals surface area contributed by atoms with Gasteiger partial charge in [0.25, 0.3) is 5.91 Å². The van der Waals surface area contributed by atoms with Crippen molar-refractivity contribution >= 4 is 23.3 Å². The van der Waals surface area contributed by atoms with Gasteiger partial charge in [-0.1, -0.05) is 24.3 Å². The number of nitroso groups, excluding NO2 is 1. The second-order valence-electron chi connectivity index (χ2n) is 7.58. The maximum atomic E-state index is 12.7. The number of nitrogens with two attached hydrogens (primary N) is 1. The normalized spacial score (nSPS) is 10.9. The molecule has 1 heterocycles. The van der Waals surface area contributed by atoms with Crippen LogP contribution in [0.4, 0.5) is 11.4 Å². The number of aliphatic carboxylic acids is 1. The van der Waals surface area contributed by atoms with Gasteiger partial charge in [0, 0.05) is 18.8 Å². The van der Waals surface area contributed by atoms with Gasteiger partial charge in [0.1, 0.15) is 17.0 Å². The summed E-state index contributed by atoms with van der Waals surface area (Å²) in [5.74, 6) is -0.933. The molecular weight excluding hydrogens is 412 g/mol. The third-order valence-corrected chi connectivity index (χ3v) is 4.99. The van der Waals surface area contributed by atoms with Crippen molar-refractivity contribution in [1.29, 1.82) is 0 Å². The molecule has 0 saturated heterocycles. The molecule has 0 spiro atoms. The Morgan fingerprint density at radius 1 is 1.16 bits per heavy atom. The lowest BCUT2D eigenvalue weighted by Crippen LogP contribution is -2.28. The Morgan fingerprint density at radius 3 is 2.50 bits per heavy atom. The third kappa shape index (κ3) is 4.89. The van der Waals surface area contributed by atoms with Gasteiger partial charge in [0.05, 0.1) is 11.1 Å². The first kappa shape index (κ1) is 22.4. The number of hydrogen-bond donors (Lipinski definition) is 3. The molecule has 2 aromatic carbocycles. The van der Waals surface area contributed by atoms with E-state index in [1.807, 2.05) is 0 Å². The van der Waals surface area contributed by atoms with Crippen LogP contribution in [0.1, 0.15) is 35.3 Å². The number of carbonyl (C=O) groups excluding carboxylic acids is 1. The summed E-state index contributed by atoms with van der Waals surface area (Å²) in [7, 11) is 0. The van der Waals surface area contributed by atoms with E-state index in [4.69, 9.17) is 10.5 Å². The standard InChI is InChI=1S/C23H22N4O5/c1-23(2,22(29)30)15-7-5-14(6-8-15)13-26-20(28)17-4-3-11-25-21(17)32-16-9-10-19(27-31)18(24)12-16/h3-12H,13,24H2,1-2H3,(H,26,28)(H,29,30). The fraction of sp³-hybridized carbons (Fsp3) is 0.174. The monoisotopic (exact) mass is 434 g/mol. The molecule has 4 N–H and O–H groups in total. The third-order valence-electron chi connectivity index (χ3n) is 4.99. The van der Waals surface area contributed by atoms with Gasteiger partial charge in [-0.25, -0.2) is 4.98 Å². The molecule has 0 unspecified atom stereocenters. The highest BCUT2D eigenvalue weighted by Gasteiger charge is 2.29. The van der Waals surface area contributed by atoms with E-state index < -0.39 is 17.3 Å². The summed E-state index contributed by atoms with van der Waals surface area (Å²) < 4.78 is 5.69. The van der Waals surface area contributed by atoms with E-state index in [1.54, 1.807) is 50.2 Å². The lowest BCUT2D eigenvalue weighted by Gasteiger charge is -2.19. The van der Waals surface area contributed by atoms with Gasteiger partial charge in [-0.2, -0.15) is 0 Å². The Balaban J connectivity index is 1.70. The van der Waals surface area contributed by atoms with Crippen molar-refractivity contribution in [2.45, 2.75) is 25.8 Å². The minimum atomic E-state index is -1.01. The lowest BCUT2D eigenvalue weighted by molar-refractivity contribution is -0.142. The van der Waals surface area contributed by atoms with Crippen molar-refractivity contribution in [3.05, 3.63) is 82.4 Å². The van der Waals surface area contributed by atoms with E-state index >= 15 is 0 Å². The number of amides is 1. The second-order valence-corrected chi connectivity index (χ2v) is 7.58. The van der Waals surface area contributed by atoms with Crippen LogP contribution in [-0.4, -0.2) is 22.0 Å². The summed E-state index contributed by atoms with van der Waals surface area (Å²) in [5, 5.41) is 14.9. The molecule has 9 nitrogen and oxygen atoms in total. The van der Waals surface area contributed by atoms with Crippen molar-refractivity contribution in [2.24, 2.45) is 5.18 Å². The topological polar surface area (TPSA) is 144 Å². The molecule has 0 aliphatic heterocycles. The number of carbonyl (C=O) groups is 2. The average molecular weight is 434 g/mol. The highest BCUT2D eigenvalue weighted by atomic mass is 16.5. The number of ether oxygens (including phenoxy) is 1. The Bertz CT molecular complexity index is 1160. The zero-order chi connectivity index (χ0) is 23.3. The summed E-state index contributed by atoms with van der Waals surface area (Å²) in [6.07, 6.45) is 1.49. The van der Waals surface area contributed by atoms with Crippen molar-refractivity contribution < 1.29 is 19.4 Å². The first-order valence-corrected chi connectivity index (χ1v) is 9.69. The number of hydrogen-bond acceptors (Lipinski definition) is 7. The van der Waals surface area contributed by atoms with Crippen LogP contribution in [-0.2, 0) is 16.8 Å². The molecule has 0 aliphatic carbocycles. The Labute approximate surface area is 184 Å². The molecule has 3 rings (SSSR count). The average Bonchev–Trinajstić information content (AvgIpc) is 2.78. The van der Waals surface area contributed by atoms with Crippen molar-refractivity contribution in [3.8, 4) is 11.6 Å². The molecular formula is C23H22N4O5. The van der Waals surface area contributed by atoms with Gasteiger partial charge in [-0.3, -0.25) is 9.59 Å². The lowest BCUT2D eigenvalue weighted by atomic mass is 9.84. The van der Waals surface area contributed by atoms with Crippen LogP contribution in [0.2, 0.25) is 0 Å². The highest BCUT2D eigenvalue weighted by molar-refractivity contribution is 5.96. The van der Waals surface area contributed by atoms with E-state index in [1.165, 1.54) is 24.4 Å². The minimum absolute atomic E-state index is 0.0785. The van der Waals surface area contributed by atoms with Crippen molar-refractivity contribution in [3.63, 3.8) is 0 Å². The maximum Gasteiger partial charge on any atom is 0.313 e. The zero-order valence-corrected chi connectivity index (χ0v) is 17.5. The number of nitrogen functional groups attached to an aromatic ring is 1. The molecule has 9 heteroatoms. The van der Waals surface area contributed by atoms with Crippen LogP contribution in [0.3, 0.4) is 0 Å². The van der Waals surface area contributed by atoms with E-state index in [0.29, 0.717) is 11.3 Å². The Hall–Kier alpha value is -4.27. The predicted molar refractivity (Wildman–Crippen MR) is 119 cm³/mol. The van der Waals surface area contributed by atoms with Crippen LogP contribution in [0.25, 0.3) is 0 Å². The fourth-order valence-corrected chi connectivity index (χ4v) is 2.88. The first-order chi connectivity index (χ1) is 15.2. The molecule has 164 valence electrons. The van der Waals surface area contributed by atoms with Crippen LogP contribution in [0, 0.1) is 4.91 Å². The summed E-state index contributed by atoms with van der Waals surface area (Å²) in [6, 6.07) is 14.5. The number of nitrogens with zero attached hydrogens (tertiary/aromatic N) is 2. The number of benzene rings is 2. The number of pyridine rings is 1. The SMILES string of the molecule is CC(C)(C(=O)O)c1ccc(CNC(=O)c2cccnc2Oc2ccc(N=O)c(N)c2)cc1. The summed E-state index contributed by atoms with van der Waals surface area (Å²) in [5.41, 5.74) is 6.66. The summed E-state index contributed by atoms with van der Waals surface area (Å²) in [6.45, 7) is 3.49. The van der Waals surface area contributed by atoms with E-state index in [0.717, 1.165) is 5.56 Å². The minimum Gasteiger partial charge on any atom is -0.481 e. The van der Waals surface area contributed by atoms with Crippen LogP contribution in [0.15, 0.2) is 66.0 Å². The van der Waals surface area contributed by atoms with E-state index in [2.05, 4.69) is 15.5 Å². The largest absolute Gasteiger partial charge is 0.481 e. The smallest absolute Gasteiger partial charge is 0.313 e. The molecule has 0 fully saturated rings. The molecule has 1 amide bonds. The maximum absolute atomic E-state index is 12.7. The van der Waals surface area contributed by atoms with Crippen LogP contribution < -0.4 is 15.8 Å². The Kier molecular flexibility index (Phi) is 6.48. The van der Waals surface area contributed by atoms with Crippen molar-refractivity contribution in [1.82, 2.24) is 10.3 Å². The summed E-state index contributed by atoms with van der Waals surface area (Å²) >= 11 is 0. The van der Waals surface area contributed by atoms with Gasteiger partial charge in [0.15, 0.2) is 0 Å². The second kappa shape index (κ2) is 9.25. The van der Waals surface area contributed by atoms with E-state index in [9.17, 15) is 19.6 Å². The zero-order valence-electron chi connectivity index (χ0n) is 17.5. The number of carboxylic acids is 1. The molecule has 1 aromatic heterocycles. The molecule has 3 aromatic rings. The predicted octanol–water partition coefficient (Wildman–Crippen LogP) is 4.15. The quantitative estimate of drug-likeness (QED) is 0.357. The number of anilines is 1. The molecule has 0 aliphatic rings. The highest BCUT2D eigenvalue weighted by Crippen LogP contribution is 2.30. The van der Waals surface area contributed by atoms with E-state index in [-0.39, 0.29) is 29.4 Å². The summed E-state index contributed by atoms with van der Waals surface area (Å²) in [4.78, 5) is 38.9. The van der Waals surface area contributed by atoms with Gasteiger partial charge < -0.3 is 20.9 Å². The number of rotatable bonds is 8. The van der Waals surface area contributed by atoms with Gasteiger partial charge in [-0.05, 0) is 54.4 Å². The van der Waals surface area contributed by atoms with Gasteiger partial charge in [0.2, 0.25) is 5.88 Å². The molecule has 0 radical (unpaired) electrons.